The van der Waals surface area contributed by atoms with Gasteiger partial charge in [0.05, 0.1) is 10.6 Å². The molecule has 114 valence electrons. The van der Waals surface area contributed by atoms with Crippen LogP contribution in [0.3, 0.4) is 0 Å². The molecule has 1 N–H and O–H groups in total. The first-order valence-corrected chi connectivity index (χ1v) is 8.73. The zero-order chi connectivity index (χ0) is 15.6. The molecule has 21 heavy (non-hydrogen) atoms. The second-order valence-electron chi connectivity index (χ2n) is 5.00. The van der Waals surface area contributed by atoms with E-state index in [0.717, 1.165) is 16.8 Å². The van der Waals surface area contributed by atoms with Gasteiger partial charge in [-0.25, -0.2) is 8.42 Å². The molecule has 7 heteroatoms. The Morgan fingerprint density at radius 2 is 1.86 bits per heavy atom. The van der Waals surface area contributed by atoms with Crippen molar-refractivity contribution in [1.82, 2.24) is 15.1 Å². The molecule has 0 aliphatic rings. The Labute approximate surface area is 129 Å². The van der Waals surface area contributed by atoms with Gasteiger partial charge in [-0.1, -0.05) is 23.7 Å². The lowest BCUT2D eigenvalue weighted by Gasteiger charge is -2.06. The van der Waals surface area contributed by atoms with E-state index in [1.807, 2.05) is 14.0 Å². The van der Waals surface area contributed by atoms with Crippen molar-refractivity contribution in [2.45, 2.75) is 24.9 Å². The third kappa shape index (κ3) is 3.84. The number of benzene rings is 1. The van der Waals surface area contributed by atoms with Crippen molar-refractivity contribution < 1.29 is 8.42 Å². The number of aromatic nitrogens is 2. The second kappa shape index (κ2) is 6.17. The lowest BCUT2D eigenvalue weighted by atomic mass is 10.2. The molecule has 5 nitrogen and oxygen atoms in total. The number of sulfone groups is 1. The summed E-state index contributed by atoms with van der Waals surface area (Å²) < 4.78 is 24.4. The van der Waals surface area contributed by atoms with Gasteiger partial charge < -0.3 is 5.32 Å². The first kappa shape index (κ1) is 16.0. The Kier molecular flexibility index (Phi) is 4.70. The van der Waals surface area contributed by atoms with Crippen molar-refractivity contribution in [3.8, 4) is 0 Å². The van der Waals surface area contributed by atoms with Crippen molar-refractivity contribution in [2.75, 3.05) is 6.26 Å². The van der Waals surface area contributed by atoms with E-state index >= 15 is 0 Å². The van der Waals surface area contributed by atoms with Crippen LogP contribution in [-0.2, 0) is 30.0 Å². The highest BCUT2D eigenvalue weighted by Gasteiger charge is 2.10. The van der Waals surface area contributed by atoms with Crippen LogP contribution in [0.4, 0.5) is 0 Å². The molecule has 2 rings (SSSR count). The molecule has 0 bridgehead atoms. The van der Waals surface area contributed by atoms with Crippen molar-refractivity contribution in [2.24, 2.45) is 7.05 Å². The van der Waals surface area contributed by atoms with Crippen LogP contribution in [0.1, 0.15) is 16.8 Å². The average Bonchev–Trinajstić information content (AvgIpc) is 2.64. The highest BCUT2D eigenvalue weighted by Crippen LogP contribution is 2.18. The fourth-order valence-corrected chi connectivity index (χ4v) is 2.93. The third-order valence-corrected chi connectivity index (χ3v) is 4.85. The molecular formula is C14H18ClN3O2S. The second-order valence-corrected chi connectivity index (χ2v) is 7.37. The van der Waals surface area contributed by atoms with Crippen LogP contribution in [0.2, 0.25) is 5.15 Å². The molecule has 0 saturated carbocycles. The van der Waals surface area contributed by atoms with Crippen molar-refractivity contribution in [3.63, 3.8) is 0 Å². The summed E-state index contributed by atoms with van der Waals surface area (Å²) in [7, 11) is -1.33. The van der Waals surface area contributed by atoms with E-state index in [9.17, 15) is 8.42 Å². The van der Waals surface area contributed by atoms with Crippen LogP contribution in [-0.4, -0.2) is 24.5 Å². The number of aryl methyl sites for hydroxylation is 2. The number of hydrogen-bond acceptors (Lipinski definition) is 4. The minimum absolute atomic E-state index is 0.331. The first-order chi connectivity index (χ1) is 9.79. The van der Waals surface area contributed by atoms with Crippen molar-refractivity contribution in [1.29, 1.82) is 0 Å². The topological polar surface area (TPSA) is 64.0 Å². The van der Waals surface area contributed by atoms with E-state index < -0.39 is 9.84 Å². The summed E-state index contributed by atoms with van der Waals surface area (Å²) in [5.74, 6) is 0. The maximum atomic E-state index is 11.4. The summed E-state index contributed by atoms with van der Waals surface area (Å²) in [4.78, 5) is 0.331. The molecule has 0 saturated heterocycles. The van der Waals surface area contributed by atoms with Gasteiger partial charge in [0, 0.05) is 32.0 Å². The zero-order valence-corrected chi connectivity index (χ0v) is 13.8. The average molecular weight is 328 g/mol. The van der Waals surface area contributed by atoms with Crippen molar-refractivity contribution in [3.05, 3.63) is 46.2 Å². The Morgan fingerprint density at radius 1 is 1.24 bits per heavy atom. The molecular weight excluding hydrogens is 310 g/mol. The Hall–Kier alpha value is -1.37. The number of nitrogens with zero attached hydrogens (tertiary/aromatic N) is 2. The molecule has 0 atom stereocenters. The van der Waals surface area contributed by atoms with Gasteiger partial charge in [0.25, 0.3) is 0 Å². The van der Waals surface area contributed by atoms with Gasteiger partial charge in [-0.2, -0.15) is 5.10 Å². The monoisotopic (exact) mass is 327 g/mol. The summed E-state index contributed by atoms with van der Waals surface area (Å²) in [5.41, 5.74) is 2.90. The van der Waals surface area contributed by atoms with Crippen molar-refractivity contribution >= 4 is 21.4 Å². The van der Waals surface area contributed by atoms with Gasteiger partial charge in [-0.3, -0.25) is 4.68 Å². The Morgan fingerprint density at radius 3 is 2.33 bits per heavy atom. The van der Waals surface area contributed by atoms with Gasteiger partial charge in [-0.15, -0.1) is 0 Å². The fraction of sp³-hybridized carbons (Fsp3) is 0.357. The summed E-state index contributed by atoms with van der Waals surface area (Å²) in [6.07, 6.45) is 1.20. The molecule has 0 aliphatic heterocycles. The maximum absolute atomic E-state index is 11.4. The minimum Gasteiger partial charge on any atom is -0.308 e. The molecule has 0 amide bonds. The molecule has 0 spiro atoms. The lowest BCUT2D eigenvalue weighted by Crippen LogP contribution is -2.13. The number of hydrogen-bond donors (Lipinski definition) is 1. The number of halogens is 1. The zero-order valence-electron chi connectivity index (χ0n) is 12.2. The number of nitrogens with one attached hydrogen (secondary N) is 1. The number of rotatable bonds is 5. The van der Waals surface area contributed by atoms with Gasteiger partial charge in [0.15, 0.2) is 9.84 Å². The van der Waals surface area contributed by atoms with Gasteiger partial charge in [0.2, 0.25) is 0 Å². The summed E-state index contributed by atoms with van der Waals surface area (Å²) in [5, 5.41) is 8.17. The molecule has 1 aromatic heterocycles. The van der Waals surface area contributed by atoms with Gasteiger partial charge in [-0.05, 0) is 24.6 Å². The summed E-state index contributed by atoms with van der Waals surface area (Å²) in [6.45, 7) is 3.17. The van der Waals surface area contributed by atoms with Crippen LogP contribution in [0.25, 0.3) is 0 Å². The van der Waals surface area contributed by atoms with Crippen LogP contribution in [0.15, 0.2) is 29.2 Å². The highest BCUT2D eigenvalue weighted by molar-refractivity contribution is 7.90. The van der Waals surface area contributed by atoms with Crippen LogP contribution in [0, 0.1) is 6.92 Å². The molecule has 0 unspecified atom stereocenters. The van der Waals surface area contributed by atoms with E-state index in [-0.39, 0.29) is 0 Å². The van der Waals surface area contributed by atoms with E-state index in [2.05, 4.69) is 10.4 Å². The molecule has 2 aromatic rings. The third-order valence-electron chi connectivity index (χ3n) is 3.25. The Bertz CT molecular complexity index is 736. The SMILES string of the molecule is Cc1nn(C)c(Cl)c1CNCc1ccc(S(C)(=O)=O)cc1. The predicted molar refractivity (Wildman–Crippen MR) is 83.1 cm³/mol. The molecule has 0 radical (unpaired) electrons. The molecule has 1 aromatic carbocycles. The molecule has 0 fully saturated rings. The van der Waals surface area contributed by atoms with E-state index in [0.29, 0.717) is 23.1 Å². The standard InChI is InChI=1S/C14H18ClN3O2S/c1-10-13(14(15)18(2)17-10)9-16-8-11-4-6-12(7-5-11)21(3,19)20/h4-7,16H,8-9H2,1-3H3. The van der Waals surface area contributed by atoms with Gasteiger partial charge >= 0.3 is 0 Å². The van der Waals surface area contributed by atoms with Crippen LogP contribution >= 0.6 is 11.6 Å². The van der Waals surface area contributed by atoms with E-state index in [1.54, 1.807) is 28.9 Å². The fourth-order valence-electron chi connectivity index (χ4n) is 2.06. The smallest absolute Gasteiger partial charge is 0.175 e. The van der Waals surface area contributed by atoms with Crippen LogP contribution < -0.4 is 5.32 Å². The Balaban J connectivity index is 1.98. The van der Waals surface area contributed by atoms with Gasteiger partial charge in [0.1, 0.15) is 5.15 Å². The quantitative estimate of drug-likeness (QED) is 0.913. The lowest BCUT2D eigenvalue weighted by molar-refractivity contribution is 0.602. The largest absolute Gasteiger partial charge is 0.308 e. The molecule has 0 aliphatic carbocycles. The van der Waals surface area contributed by atoms with Crippen LogP contribution in [0.5, 0.6) is 0 Å². The normalized spacial score (nSPS) is 11.8. The maximum Gasteiger partial charge on any atom is 0.175 e. The first-order valence-electron chi connectivity index (χ1n) is 6.46. The van der Waals surface area contributed by atoms with E-state index in [4.69, 9.17) is 11.6 Å². The minimum atomic E-state index is -3.14. The molecule has 1 heterocycles. The predicted octanol–water partition coefficient (Wildman–Crippen LogP) is 2.08. The summed E-state index contributed by atoms with van der Waals surface area (Å²) in [6, 6.07) is 6.85. The summed E-state index contributed by atoms with van der Waals surface area (Å²) >= 11 is 6.16. The van der Waals surface area contributed by atoms with E-state index in [1.165, 1.54) is 6.26 Å². The highest BCUT2D eigenvalue weighted by atomic mass is 35.5.